The fraction of sp³-hybridized carbons (Fsp3) is 0.259. The van der Waals surface area contributed by atoms with Gasteiger partial charge in [-0.05, 0) is 73.6 Å². The molecule has 166 valence electrons. The Morgan fingerprint density at radius 1 is 1.12 bits per heavy atom. The van der Waals surface area contributed by atoms with Crippen molar-refractivity contribution in [3.63, 3.8) is 0 Å². The summed E-state index contributed by atoms with van der Waals surface area (Å²) in [7, 11) is 0. The van der Waals surface area contributed by atoms with Gasteiger partial charge in [0, 0.05) is 16.9 Å². The molecule has 0 aliphatic rings. The molecular formula is C27H28ClFN2O. The van der Waals surface area contributed by atoms with E-state index < -0.39 is 0 Å². The maximum Gasteiger partial charge on any atom is 0.259 e. The van der Waals surface area contributed by atoms with Gasteiger partial charge >= 0.3 is 0 Å². The smallest absolute Gasteiger partial charge is 0.259 e. The van der Waals surface area contributed by atoms with Gasteiger partial charge in [-0.1, -0.05) is 49.7 Å². The number of aromatic nitrogens is 1. The molecule has 32 heavy (non-hydrogen) atoms. The lowest BCUT2D eigenvalue weighted by molar-refractivity contribution is 0.102. The summed E-state index contributed by atoms with van der Waals surface area (Å²) in [4.78, 5) is 17.9. The van der Waals surface area contributed by atoms with Crippen LogP contribution < -0.4 is 5.32 Å². The third-order valence-electron chi connectivity index (χ3n) is 5.69. The predicted molar refractivity (Wildman–Crippen MR) is 131 cm³/mol. The summed E-state index contributed by atoms with van der Waals surface area (Å²) in [5.74, 6) is -0.726. The van der Waals surface area contributed by atoms with Crippen LogP contribution in [0.5, 0.6) is 0 Å². The van der Waals surface area contributed by atoms with Crippen molar-refractivity contribution in [2.75, 3.05) is 5.32 Å². The molecule has 0 fully saturated rings. The molecule has 0 atom stereocenters. The van der Waals surface area contributed by atoms with E-state index in [0.717, 1.165) is 40.8 Å². The number of carbonyl (C=O) groups is 1. The first-order chi connectivity index (χ1) is 15.3. The van der Waals surface area contributed by atoms with Crippen LogP contribution in [0.2, 0.25) is 5.02 Å². The van der Waals surface area contributed by atoms with Crippen LogP contribution in [-0.2, 0) is 19.3 Å². The summed E-state index contributed by atoms with van der Waals surface area (Å²) in [5, 5.41) is 3.34. The second-order valence-corrected chi connectivity index (χ2v) is 8.12. The molecule has 0 aliphatic heterocycles. The minimum absolute atomic E-state index is 0.323. The molecule has 3 aromatic rings. The number of benzene rings is 2. The lowest BCUT2D eigenvalue weighted by Crippen LogP contribution is -2.17. The molecule has 5 heteroatoms. The summed E-state index contributed by atoms with van der Waals surface area (Å²) < 4.78 is 14.3. The van der Waals surface area contributed by atoms with Crippen molar-refractivity contribution in [1.29, 1.82) is 0 Å². The highest BCUT2D eigenvalue weighted by Crippen LogP contribution is 2.36. The highest BCUT2D eigenvalue weighted by Gasteiger charge is 2.22. The van der Waals surface area contributed by atoms with E-state index in [-0.39, 0.29) is 11.7 Å². The fourth-order valence-corrected chi connectivity index (χ4v) is 4.53. The van der Waals surface area contributed by atoms with Gasteiger partial charge in [-0.15, -0.1) is 6.58 Å². The van der Waals surface area contributed by atoms with Crippen LogP contribution in [0, 0.1) is 19.7 Å². The molecule has 0 saturated carbocycles. The number of amides is 1. The Balaban J connectivity index is 2.13. The van der Waals surface area contributed by atoms with Crippen LogP contribution in [0.1, 0.15) is 52.3 Å². The fourth-order valence-electron chi connectivity index (χ4n) is 4.09. The normalized spacial score (nSPS) is 10.8. The molecule has 1 N–H and O–H groups in total. The Hall–Kier alpha value is -2.98. The highest BCUT2D eigenvalue weighted by molar-refractivity contribution is 6.35. The zero-order valence-corrected chi connectivity index (χ0v) is 19.7. The van der Waals surface area contributed by atoms with Crippen molar-refractivity contribution < 1.29 is 9.18 Å². The van der Waals surface area contributed by atoms with Gasteiger partial charge in [0.05, 0.1) is 16.3 Å². The number of hydrogen-bond donors (Lipinski definition) is 1. The molecule has 0 aliphatic carbocycles. The largest absolute Gasteiger partial charge is 0.321 e. The third-order valence-corrected chi connectivity index (χ3v) is 6.11. The summed E-state index contributed by atoms with van der Waals surface area (Å²) in [5.41, 5.74) is 6.78. The number of nitrogens with zero attached hydrogens (tertiary/aromatic N) is 1. The Labute approximate surface area is 194 Å². The predicted octanol–water partition coefficient (Wildman–Crippen LogP) is 7.26. The van der Waals surface area contributed by atoms with E-state index in [4.69, 9.17) is 11.6 Å². The van der Waals surface area contributed by atoms with Crippen molar-refractivity contribution in [3.05, 3.63) is 93.5 Å². The van der Waals surface area contributed by atoms with E-state index in [1.807, 2.05) is 25.1 Å². The molecule has 1 heterocycles. The minimum Gasteiger partial charge on any atom is -0.321 e. The van der Waals surface area contributed by atoms with Crippen LogP contribution in [0.3, 0.4) is 0 Å². The lowest BCUT2D eigenvalue weighted by atomic mass is 9.90. The average molecular weight is 451 g/mol. The van der Waals surface area contributed by atoms with Crippen LogP contribution in [0.4, 0.5) is 10.1 Å². The van der Waals surface area contributed by atoms with Crippen LogP contribution in [0.25, 0.3) is 11.1 Å². The van der Waals surface area contributed by atoms with Crippen molar-refractivity contribution >= 4 is 23.2 Å². The van der Waals surface area contributed by atoms with Gasteiger partial charge in [-0.2, -0.15) is 0 Å². The van der Waals surface area contributed by atoms with E-state index in [0.29, 0.717) is 34.0 Å². The Morgan fingerprint density at radius 3 is 2.38 bits per heavy atom. The third kappa shape index (κ3) is 4.61. The lowest BCUT2D eigenvalue weighted by Gasteiger charge is -2.19. The van der Waals surface area contributed by atoms with E-state index >= 15 is 0 Å². The van der Waals surface area contributed by atoms with E-state index in [1.165, 1.54) is 12.1 Å². The number of halogens is 2. The Bertz CT molecular complexity index is 1160. The first-order valence-corrected chi connectivity index (χ1v) is 11.2. The van der Waals surface area contributed by atoms with Crippen molar-refractivity contribution in [3.8, 4) is 11.1 Å². The van der Waals surface area contributed by atoms with Gasteiger partial charge in [0.25, 0.3) is 5.91 Å². The number of nitrogens with one attached hydrogen (secondary N) is 1. The molecule has 0 unspecified atom stereocenters. The minimum atomic E-state index is -0.370. The van der Waals surface area contributed by atoms with E-state index in [1.54, 1.807) is 19.1 Å². The van der Waals surface area contributed by atoms with E-state index in [9.17, 15) is 9.18 Å². The van der Waals surface area contributed by atoms with Crippen molar-refractivity contribution in [1.82, 2.24) is 4.98 Å². The van der Waals surface area contributed by atoms with Gasteiger partial charge in [0.15, 0.2) is 0 Å². The monoisotopic (exact) mass is 450 g/mol. The topological polar surface area (TPSA) is 42.0 Å². The molecule has 0 spiro atoms. The summed E-state index contributed by atoms with van der Waals surface area (Å²) in [6.07, 6.45) is 3.85. The maximum atomic E-state index is 14.3. The number of pyridine rings is 1. The van der Waals surface area contributed by atoms with E-state index in [2.05, 4.69) is 30.7 Å². The summed E-state index contributed by atoms with van der Waals surface area (Å²) in [6, 6.07) is 10.5. The second-order valence-electron chi connectivity index (χ2n) is 7.75. The molecule has 0 bridgehead atoms. The van der Waals surface area contributed by atoms with Crippen LogP contribution in [-0.4, -0.2) is 10.9 Å². The van der Waals surface area contributed by atoms with Gasteiger partial charge in [-0.25, -0.2) is 4.39 Å². The van der Waals surface area contributed by atoms with Gasteiger partial charge in [0.1, 0.15) is 5.82 Å². The van der Waals surface area contributed by atoms with Gasteiger partial charge in [0.2, 0.25) is 0 Å². The summed E-state index contributed by atoms with van der Waals surface area (Å²) >= 11 is 6.63. The maximum absolute atomic E-state index is 14.3. The van der Waals surface area contributed by atoms with Crippen LogP contribution in [0.15, 0.2) is 49.1 Å². The van der Waals surface area contributed by atoms with Gasteiger partial charge < -0.3 is 5.32 Å². The average Bonchev–Trinajstić information content (AvgIpc) is 2.77. The molecule has 3 rings (SSSR count). The van der Waals surface area contributed by atoms with Crippen molar-refractivity contribution in [2.45, 2.75) is 47.0 Å². The first-order valence-electron chi connectivity index (χ1n) is 10.8. The van der Waals surface area contributed by atoms with Crippen molar-refractivity contribution in [2.24, 2.45) is 0 Å². The standard InChI is InChI=1S/C27H28ClFN2O/c1-6-10-21-16(4)30-17(5)24(26(21)28)27(32)31-23-14-13-20(29)15-22(23)25-18(7-2)11-9-12-19(25)8-3/h6,9,11-15H,1,7-8,10H2,2-5H3,(H,31,32). The number of allylic oxidation sites excluding steroid dienone is 1. The van der Waals surface area contributed by atoms with Crippen LogP contribution >= 0.6 is 11.6 Å². The highest BCUT2D eigenvalue weighted by atomic mass is 35.5. The molecule has 1 amide bonds. The Morgan fingerprint density at radius 2 is 1.78 bits per heavy atom. The molecule has 0 saturated heterocycles. The molecule has 0 radical (unpaired) electrons. The number of anilines is 1. The SMILES string of the molecule is C=CCc1c(C)nc(C)c(C(=O)Nc2ccc(F)cc2-c2c(CC)cccc2CC)c1Cl. The summed E-state index contributed by atoms with van der Waals surface area (Å²) in [6.45, 7) is 11.5. The molecular weight excluding hydrogens is 423 g/mol. The number of carbonyl (C=O) groups excluding carboxylic acids is 1. The molecule has 3 nitrogen and oxygen atoms in total. The first kappa shape index (κ1) is 23.7. The number of aryl methyl sites for hydroxylation is 4. The zero-order valence-electron chi connectivity index (χ0n) is 19.0. The van der Waals surface area contributed by atoms with Gasteiger partial charge in [-0.3, -0.25) is 9.78 Å². The number of hydrogen-bond acceptors (Lipinski definition) is 2. The second kappa shape index (κ2) is 10.1. The Kier molecular flexibility index (Phi) is 7.47. The molecule has 1 aromatic heterocycles. The molecule has 2 aromatic carbocycles. The quantitative estimate of drug-likeness (QED) is 0.385. The number of rotatable bonds is 7. The zero-order chi connectivity index (χ0) is 23.4.